The van der Waals surface area contributed by atoms with E-state index >= 15 is 0 Å². The molecule has 26 heavy (non-hydrogen) atoms. The zero-order valence-electron chi connectivity index (χ0n) is 14.5. The normalized spacial score (nSPS) is 14.2. The fourth-order valence-corrected chi connectivity index (χ4v) is 4.37. The van der Waals surface area contributed by atoms with Crippen LogP contribution in [0.4, 0.5) is 4.39 Å². The lowest BCUT2D eigenvalue weighted by atomic mass is 10.1. The number of nitrogens with one attached hydrogen (secondary N) is 1. The van der Waals surface area contributed by atoms with Crippen molar-refractivity contribution in [3.05, 3.63) is 69.4 Å². The molecule has 1 aromatic carbocycles. The van der Waals surface area contributed by atoms with Crippen LogP contribution in [-0.2, 0) is 12.8 Å². The van der Waals surface area contributed by atoms with Gasteiger partial charge in [-0.25, -0.2) is 9.07 Å². The van der Waals surface area contributed by atoms with Crippen molar-refractivity contribution in [3.8, 4) is 5.69 Å². The molecule has 4 rings (SSSR count). The minimum absolute atomic E-state index is 0.00414. The third-order valence-electron chi connectivity index (χ3n) is 4.82. The standard InChI is InChI=1S/C20H20FN3OS/c1-2-16(18-7-4-12-26-18)22-20(25)19-15-5-3-6-17(15)24(23-19)14-10-8-13(21)9-11-14/h4,7-12,16H,2-3,5-6H2,1H3,(H,22,25). The van der Waals surface area contributed by atoms with Gasteiger partial charge in [0.25, 0.3) is 5.91 Å². The molecule has 0 saturated carbocycles. The Labute approximate surface area is 155 Å². The quantitative estimate of drug-likeness (QED) is 0.723. The van der Waals surface area contributed by atoms with Gasteiger partial charge in [0, 0.05) is 16.1 Å². The molecule has 4 nitrogen and oxygen atoms in total. The maximum absolute atomic E-state index is 13.2. The topological polar surface area (TPSA) is 46.9 Å². The van der Waals surface area contributed by atoms with Gasteiger partial charge in [-0.2, -0.15) is 5.10 Å². The second-order valence-electron chi connectivity index (χ2n) is 6.47. The van der Waals surface area contributed by atoms with Gasteiger partial charge in [-0.3, -0.25) is 4.79 Å². The fraction of sp³-hybridized carbons (Fsp3) is 0.300. The third kappa shape index (κ3) is 3.05. The van der Waals surface area contributed by atoms with Gasteiger partial charge in [0.15, 0.2) is 5.69 Å². The highest BCUT2D eigenvalue weighted by Gasteiger charge is 2.28. The minimum Gasteiger partial charge on any atom is -0.343 e. The number of carbonyl (C=O) groups excluding carboxylic acids is 1. The van der Waals surface area contributed by atoms with Crippen LogP contribution in [0.5, 0.6) is 0 Å². The monoisotopic (exact) mass is 369 g/mol. The number of hydrogen-bond acceptors (Lipinski definition) is 3. The van der Waals surface area contributed by atoms with Crippen LogP contribution >= 0.6 is 11.3 Å². The van der Waals surface area contributed by atoms with Gasteiger partial charge in [-0.15, -0.1) is 11.3 Å². The molecule has 6 heteroatoms. The van der Waals surface area contributed by atoms with Crippen molar-refractivity contribution in [2.45, 2.75) is 38.6 Å². The van der Waals surface area contributed by atoms with E-state index in [2.05, 4.69) is 17.3 Å². The van der Waals surface area contributed by atoms with E-state index in [1.54, 1.807) is 28.2 Å². The predicted octanol–water partition coefficient (Wildman–Crippen LogP) is 4.44. The number of fused-ring (bicyclic) bond motifs is 1. The van der Waals surface area contributed by atoms with Crippen molar-refractivity contribution in [1.82, 2.24) is 15.1 Å². The molecule has 1 aliphatic carbocycles. The number of thiophene rings is 1. The van der Waals surface area contributed by atoms with E-state index in [-0.39, 0.29) is 17.8 Å². The van der Waals surface area contributed by atoms with E-state index in [0.717, 1.165) is 47.5 Å². The van der Waals surface area contributed by atoms with Crippen LogP contribution in [0.3, 0.4) is 0 Å². The van der Waals surface area contributed by atoms with Crippen molar-refractivity contribution < 1.29 is 9.18 Å². The summed E-state index contributed by atoms with van der Waals surface area (Å²) in [6.07, 6.45) is 3.58. The van der Waals surface area contributed by atoms with Crippen LogP contribution in [0, 0.1) is 5.82 Å². The zero-order valence-corrected chi connectivity index (χ0v) is 15.4. The summed E-state index contributed by atoms with van der Waals surface area (Å²) < 4.78 is 15.0. The lowest BCUT2D eigenvalue weighted by Crippen LogP contribution is -2.28. The summed E-state index contributed by atoms with van der Waals surface area (Å²) in [5, 5.41) is 9.73. The lowest BCUT2D eigenvalue weighted by molar-refractivity contribution is 0.0930. The van der Waals surface area contributed by atoms with Crippen molar-refractivity contribution >= 4 is 17.2 Å². The third-order valence-corrected chi connectivity index (χ3v) is 5.80. The predicted molar refractivity (Wildman–Crippen MR) is 100 cm³/mol. The molecule has 1 amide bonds. The van der Waals surface area contributed by atoms with E-state index in [0.29, 0.717) is 5.69 Å². The largest absolute Gasteiger partial charge is 0.343 e. The molecule has 0 radical (unpaired) electrons. The zero-order chi connectivity index (χ0) is 18.1. The number of hydrogen-bond donors (Lipinski definition) is 1. The molecule has 2 heterocycles. The van der Waals surface area contributed by atoms with Crippen molar-refractivity contribution in [1.29, 1.82) is 0 Å². The molecule has 134 valence electrons. The molecule has 1 atom stereocenters. The summed E-state index contributed by atoms with van der Waals surface area (Å²) in [6.45, 7) is 2.06. The summed E-state index contributed by atoms with van der Waals surface area (Å²) in [7, 11) is 0. The molecule has 3 aromatic rings. The van der Waals surface area contributed by atoms with Gasteiger partial charge in [-0.1, -0.05) is 13.0 Å². The minimum atomic E-state index is -0.280. The van der Waals surface area contributed by atoms with Gasteiger partial charge in [-0.05, 0) is 61.4 Å². The molecule has 1 aliphatic rings. The van der Waals surface area contributed by atoms with Crippen LogP contribution < -0.4 is 5.32 Å². The Morgan fingerprint density at radius 1 is 1.31 bits per heavy atom. The number of benzene rings is 1. The second-order valence-corrected chi connectivity index (χ2v) is 7.44. The molecule has 0 aliphatic heterocycles. The first-order valence-electron chi connectivity index (χ1n) is 8.88. The fourth-order valence-electron chi connectivity index (χ4n) is 3.51. The summed E-state index contributed by atoms with van der Waals surface area (Å²) in [6, 6.07) is 10.3. The van der Waals surface area contributed by atoms with Crippen molar-refractivity contribution in [2.24, 2.45) is 0 Å². The molecule has 0 spiro atoms. The molecule has 1 unspecified atom stereocenters. The highest BCUT2D eigenvalue weighted by molar-refractivity contribution is 7.10. The van der Waals surface area contributed by atoms with E-state index in [1.165, 1.54) is 12.1 Å². The Morgan fingerprint density at radius 2 is 2.12 bits per heavy atom. The van der Waals surface area contributed by atoms with Crippen molar-refractivity contribution in [2.75, 3.05) is 0 Å². The van der Waals surface area contributed by atoms with Gasteiger partial charge < -0.3 is 5.32 Å². The number of amides is 1. The highest BCUT2D eigenvalue weighted by Crippen LogP contribution is 2.29. The summed E-state index contributed by atoms with van der Waals surface area (Å²) in [5.74, 6) is -0.415. The number of aromatic nitrogens is 2. The number of nitrogens with zero attached hydrogens (tertiary/aromatic N) is 2. The van der Waals surface area contributed by atoms with E-state index < -0.39 is 0 Å². The molecule has 1 N–H and O–H groups in total. The maximum Gasteiger partial charge on any atom is 0.272 e. The lowest BCUT2D eigenvalue weighted by Gasteiger charge is -2.15. The Bertz CT molecular complexity index is 915. The summed E-state index contributed by atoms with van der Waals surface area (Å²) >= 11 is 1.65. The van der Waals surface area contributed by atoms with E-state index in [4.69, 9.17) is 0 Å². The Morgan fingerprint density at radius 3 is 2.81 bits per heavy atom. The first-order valence-corrected chi connectivity index (χ1v) is 9.76. The average molecular weight is 369 g/mol. The highest BCUT2D eigenvalue weighted by atomic mass is 32.1. The van der Waals surface area contributed by atoms with E-state index in [9.17, 15) is 9.18 Å². The van der Waals surface area contributed by atoms with Crippen LogP contribution in [0.1, 0.15) is 52.4 Å². The van der Waals surface area contributed by atoms with Crippen LogP contribution in [-0.4, -0.2) is 15.7 Å². The maximum atomic E-state index is 13.2. The van der Waals surface area contributed by atoms with Crippen LogP contribution in [0.25, 0.3) is 5.69 Å². The molecule has 0 saturated heterocycles. The van der Waals surface area contributed by atoms with Gasteiger partial charge >= 0.3 is 0 Å². The Balaban J connectivity index is 1.65. The van der Waals surface area contributed by atoms with Gasteiger partial charge in [0.05, 0.1) is 11.7 Å². The molecular formula is C20H20FN3OS. The number of carbonyl (C=O) groups is 1. The summed E-state index contributed by atoms with van der Waals surface area (Å²) in [4.78, 5) is 14.1. The van der Waals surface area contributed by atoms with Crippen LogP contribution in [0.2, 0.25) is 0 Å². The SMILES string of the molecule is CCC(NC(=O)c1nn(-c2ccc(F)cc2)c2c1CCC2)c1cccs1. The Kier molecular flexibility index (Phi) is 4.59. The molecule has 2 aromatic heterocycles. The number of halogens is 1. The second kappa shape index (κ2) is 7.03. The average Bonchev–Trinajstić information content (AvgIpc) is 3.37. The first kappa shape index (κ1) is 17.0. The summed E-state index contributed by atoms with van der Waals surface area (Å²) in [5.41, 5.74) is 3.37. The smallest absolute Gasteiger partial charge is 0.272 e. The molecule has 0 bridgehead atoms. The van der Waals surface area contributed by atoms with Gasteiger partial charge in [0.1, 0.15) is 5.82 Å². The Hall–Kier alpha value is -2.47. The van der Waals surface area contributed by atoms with E-state index in [1.807, 2.05) is 17.5 Å². The van der Waals surface area contributed by atoms with Gasteiger partial charge in [0.2, 0.25) is 0 Å². The molecule has 0 fully saturated rings. The van der Waals surface area contributed by atoms with Crippen molar-refractivity contribution in [3.63, 3.8) is 0 Å². The van der Waals surface area contributed by atoms with Crippen LogP contribution in [0.15, 0.2) is 41.8 Å². The first-order chi connectivity index (χ1) is 12.7. The molecular weight excluding hydrogens is 349 g/mol. The number of rotatable bonds is 5.